The van der Waals surface area contributed by atoms with Gasteiger partial charge in [0, 0.05) is 18.8 Å². The van der Waals surface area contributed by atoms with Crippen molar-refractivity contribution in [2.45, 2.75) is 26.8 Å². The monoisotopic (exact) mass is 346 g/mol. The van der Waals surface area contributed by atoms with Crippen LogP contribution in [0.1, 0.15) is 22.5 Å². The van der Waals surface area contributed by atoms with Crippen molar-refractivity contribution in [3.05, 3.63) is 77.1 Å². The fraction of sp³-hybridized carbons (Fsp3) is 0.238. The molecule has 0 radical (unpaired) electrons. The number of fused-ring (bicyclic) bond motifs is 1. The minimum absolute atomic E-state index is 0.0755. The second-order valence-electron chi connectivity index (χ2n) is 6.73. The highest BCUT2D eigenvalue weighted by molar-refractivity contribution is 5.91. The molecule has 2 aromatic carbocycles. The van der Waals surface area contributed by atoms with Crippen LogP contribution in [0.3, 0.4) is 0 Å². The third-order valence-corrected chi connectivity index (χ3v) is 4.80. The van der Waals surface area contributed by atoms with Gasteiger partial charge in [-0.15, -0.1) is 0 Å². The zero-order chi connectivity index (χ0) is 18.1. The Morgan fingerprint density at radius 3 is 2.54 bits per heavy atom. The Labute approximate surface area is 153 Å². The molecule has 1 aliphatic rings. The molecule has 0 atom stereocenters. The second kappa shape index (κ2) is 6.67. The maximum Gasteiger partial charge on any atom is 0.322 e. The van der Waals surface area contributed by atoms with E-state index < -0.39 is 0 Å². The van der Waals surface area contributed by atoms with Crippen LogP contribution in [0.5, 0.6) is 0 Å². The Hall–Kier alpha value is -3.08. The summed E-state index contributed by atoms with van der Waals surface area (Å²) in [4.78, 5) is 14.7. The van der Waals surface area contributed by atoms with Gasteiger partial charge < -0.3 is 10.2 Å². The van der Waals surface area contributed by atoms with Crippen LogP contribution in [0, 0.1) is 13.8 Å². The molecule has 3 aromatic rings. The average molecular weight is 346 g/mol. The van der Waals surface area contributed by atoms with Crippen LogP contribution in [0.25, 0.3) is 5.69 Å². The molecule has 1 N–H and O–H groups in total. The lowest BCUT2D eigenvalue weighted by atomic mass is 10.0. The summed E-state index contributed by atoms with van der Waals surface area (Å²) in [6, 6.07) is 18.0. The lowest BCUT2D eigenvalue weighted by molar-refractivity contribution is 0.206. The van der Waals surface area contributed by atoms with Crippen molar-refractivity contribution in [1.29, 1.82) is 0 Å². The number of aryl methyl sites for hydroxylation is 2. The first kappa shape index (κ1) is 16.4. The number of urea groups is 1. The van der Waals surface area contributed by atoms with Gasteiger partial charge in [-0.1, -0.05) is 36.4 Å². The molecule has 0 unspecified atom stereocenters. The van der Waals surface area contributed by atoms with Gasteiger partial charge in [-0.2, -0.15) is 5.10 Å². The van der Waals surface area contributed by atoms with Gasteiger partial charge in [0.05, 0.1) is 17.1 Å². The minimum atomic E-state index is -0.0755. The van der Waals surface area contributed by atoms with Crippen molar-refractivity contribution in [3.63, 3.8) is 0 Å². The van der Waals surface area contributed by atoms with Crippen molar-refractivity contribution < 1.29 is 4.79 Å². The first-order chi connectivity index (χ1) is 12.6. The van der Waals surface area contributed by atoms with Gasteiger partial charge in [0.15, 0.2) is 0 Å². The SMILES string of the molecule is Cc1cc(C)n(-c2ccccc2NC(=O)N2CCc3ccccc3C2)n1. The van der Waals surface area contributed by atoms with E-state index >= 15 is 0 Å². The number of nitrogens with one attached hydrogen (secondary N) is 1. The molecular weight excluding hydrogens is 324 g/mol. The van der Waals surface area contributed by atoms with Crippen LogP contribution >= 0.6 is 0 Å². The molecule has 0 saturated heterocycles. The smallest absolute Gasteiger partial charge is 0.320 e. The van der Waals surface area contributed by atoms with Crippen molar-refractivity contribution in [2.75, 3.05) is 11.9 Å². The molecule has 5 heteroatoms. The summed E-state index contributed by atoms with van der Waals surface area (Å²) in [5, 5.41) is 7.61. The highest BCUT2D eigenvalue weighted by Crippen LogP contribution is 2.24. The van der Waals surface area contributed by atoms with E-state index in [1.54, 1.807) is 0 Å². The van der Waals surface area contributed by atoms with E-state index in [-0.39, 0.29) is 6.03 Å². The lowest BCUT2D eigenvalue weighted by Gasteiger charge is -2.29. The van der Waals surface area contributed by atoms with Crippen molar-refractivity contribution >= 4 is 11.7 Å². The average Bonchev–Trinajstić information content (AvgIpc) is 2.99. The quantitative estimate of drug-likeness (QED) is 0.760. The number of hydrogen-bond donors (Lipinski definition) is 1. The summed E-state index contributed by atoms with van der Waals surface area (Å²) in [5.74, 6) is 0. The number of rotatable bonds is 2. The van der Waals surface area contributed by atoms with Gasteiger partial charge >= 0.3 is 6.03 Å². The molecule has 2 amide bonds. The predicted octanol–water partition coefficient (Wildman–Crippen LogP) is 4.08. The maximum absolute atomic E-state index is 12.8. The Balaban J connectivity index is 1.57. The third kappa shape index (κ3) is 3.08. The molecule has 2 heterocycles. The minimum Gasteiger partial charge on any atom is -0.320 e. The van der Waals surface area contributed by atoms with Gasteiger partial charge in [-0.25, -0.2) is 9.48 Å². The third-order valence-electron chi connectivity index (χ3n) is 4.80. The van der Waals surface area contributed by atoms with E-state index in [0.29, 0.717) is 6.54 Å². The van der Waals surface area contributed by atoms with Crippen LogP contribution in [-0.4, -0.2) is 27.3 Å². The highest BCUT2D eigenvalue weighted by atomic mass is 16.2. The number of nitrogens with zero attached hydrogens (tertiary/aromatic N) is 3. The van der Waals surface area contributed by atoms with E-state index in [2.05, 4.69) is 28.6 Å². The topological polar surface area (TPSA) is 50.2 Å². The molecule has 132 valence electrons. The van der Waals surface area contributed by atoms with Crippen molar-refractivity contribution in [3.8, 4) is 5.69 Å². The Kier molecular flexibility index (Phi) is 4.21. The van der Waals surface area contributed by atoms with E-state index in [0.717, 1.165) is 35.7 Å². The fourth-order valence-electron chi connectivity index (χ4n) is 3.50. The molecule has 1 aliphatic heterocycles. The summed E-state index contributed by atoms with van der Waals surface area (Å²) >= 11 is 0. The zero-order valence-corrected chi connectivity index (χ0v) is 15.1. The summed E-state index contributed by atoms with van der Waals surface area (Å²) in [7, 11) is 0. The summed E-state index contributed by atoms with van der Waals surface area (Å²) in [6.45, 7) is 5.35. The van der Waals surface area contributed by atoms with Crippen LogP contribution in [0.4, 0.5) is 10.5 Å². The molecule has 0 bridgehead atoms. The number of carbonyl (C=O) groups is 1. The summed E-state index contributed by atoms with van der Waals surface area (Å²) in [5.41, 5.74) is 6.19. The molecule has 1 aromatic heterocycles. The number of benzene rings is 2. The van der Waals surface area contributed by atoms with Crippen LogP contribution < -0.4 is 5.32 Å². The summed E-state index contributed by atoms with van der Waals surface area (Å²) < 4.78 is 1.87. The fourth-order valence-corrected chi connectivity index (χ4v) is 3.50. The van der Waals surface area contributed by atoms with Gasteiger partial charge in [-0.3, -0.25) is 0 Å². The lowest BCUT2D eigenvalue weighted by Crippen LogP contribution is -2.39. The molecule has 0 aliphatic carbocycles. The van der Waals surface area contributed by atoms with Gasteiger partial charge in [-0.05, 0) is 49.6 Å². The number of aromatic nitrogens is 2. The Morgan fingerprint density at radius 2 is 1.77 bits per heavy atom. The molecule has 0 spiro atoms. The van der Waals surface area contributed by atoms with E-state index in [1.807, 2.05) is 59.8 Å². The first-order valence-corrected chi connectivity index (χ1v) is 8.87. The Bertz CT molecular complexity index is 960. The Morgan fingerprint density at radius 1 is 1.04 bits per heavy atom. The molecule has 5 nitrogen and oxygen atoms in total. The highest BCUT2D eigenvalue weighted by Gasteiger charge is 2.21. The zero-order valence-electron chi connectivity index (χ0n) is 15.1. The number of carbonyl (C=O) groups excluding carboxylic acids is 1. The van der Waals surface area contributed by atoms with E-state index in [1.165, 1.54) is 11.1 Å². The number of hydrogen-bond acceptors (Lipinski definition) is 2. The van der Waals surface area contributed by atoms with E-state index in [4.69, 9.17) is 0 Å². The van der Waals surface area contributed by atoms with E-state index in [9.17, 15) is 4.79 Å². The van der Waals surface area contributed by atoms with Crippen LogP contribution in [0.2, 0.25) is 0 Å². The van der Waals surface area contributed by atoms with Gasteiger partial charge in [0.1, 0.15) is 0 Å². The van der Waals surface area contributed by atoms with Crippen molar-refractivity contribution in [2.24, 2.45) is 0 Å². The molecular formula is C21H22N4O. The first-order valence-electron chi connectivity index (χ1n) is 8.87. The second-order valence-corrected chi connectivity index (χ2v) is 6.73. The number of para-hydroxylation sites is 2. The van der Waals surface area contributed by atoms with Crippen LogP contribution in [0.15, 0.2) is 54.6 Å². The number of anilines is 1. The molecule has 4 rings (SSSR count). The predicted molar refractivity (Wildman–Crippen MR) is 103 cm³/mol. The molecule has 26 heavy (non-hydrogen) atoms. The maximum atomic E-state index is 12.8. The summed E-state index contributed by atoms with van der Waals surface area (Å²) in [6.07, 6.45) is 0.892. The van der Waals surface area contributed by atoms with Gasteiger partial charge in [0.25, 0.3) is 0 Å². The normalized spacial score (nSPS) is 13.4. The van der Waals surface area contributed by atoms with Gasteiger partial charge in [0.2, 0.25) is 0 Å². The van der Waals surface area contributed by atoms with Crippen molar-refractivity contribution in [1.82, 2.24) is 14.7 Å². The molecule has 0 saturated carbocycles. The largest absolute Gasteiger partial charge is 0.322 e. The number of amides is 2. The standard InChI is InChI=1S/C21H22N4O/c1-15-13-16(2)25(23-15)20-10-6-5-9-19(20)22-21(26)24-12-11-17-7-3-4-8-18(17)14-24/h3-10,13H,11-12,14H2,1-2H3,(H,22,26). The van der Waals surface area contributed by atoms with Crippen LogP contribution in [-0.2, 0) is 13.0 Å². The molecule has 0 fully saturated rings.